The number of rotatable bonds is 3. The number of thioether (sulfide) groups is 1. The highest BCUT2D eigenvalue weighted by molar-refractivity contribution is 7.99. The number of aromatic nitrogens is 3. The lowest BCUT2D eigenvalue weighted by atomic mass is 10.5. The minimum absolute atomic E-state index is 0.129. The van der Waals surface area contributed by atoms with E-state index < -0.39 is 4.33 Å². The summed E-state index contributed by atoms with van der Waals surface area (Å²) in [6.45, 7) is 0. The third-order valence-corrected chi connectivity index (χ3v) is 3.95. The molecule has 82 valence electrons. The summed E-state index contributed by atoms with van der Waals surface area (Å²) < 4.78 is -0.572. The first kappa shape index (κ1) is 11.0. The van der Waals surface area contributed by atoms with Gasteiger partial charge in [-0.3, -0.25) is 0 Å². The van der Waals surface area contributed by atoms with Crippen molar-refractivity contribution in [1.29, 1.82) is 0 Å². The molecule has 0 saturated heterocycles. The number of hydrogen-bond acceptors (Lipinski definition) is 6. The minimum atomic E-state index is -0.572. The molecule has 0 aliphatic heterocycles. The van der Waals surface area contributed by atoms with Crippen LogP contribution in [0.1, 0.15) is 6.42 Å². The molecule has 5 nitrogen and oxygen atoms in total. The van der Waals surface area contributed by atoms with E-state index in [0.29, 0.717) is 5.16 Å². The van der Waals surface area contributed by atoms with Gasteiger partial charge in [0.2, 0.25) is 11.9 Å². The molecular weight excluding hydrogens is 257 g/mol. The Morgan fingerprint density at radius 1 is 1.27 bits per heavy atom. The highest BCUT2D eigenvalue weighted by Gasteiger charge is 2.51. The van der Waals surface area contributed by atoms with Crippen molar-refractivity contribution in [2.24, 2.45) is 5.92 Å². The molecule has 1 unspecified atom stereocenters. The molecule has 1 atom stereocenters. The summed E-state index contributed by atoms with van der Waals surface area (Å²) in [5.41, 5.74) is 10.9. The van der Waals surface area contributed by atoms with Crippen LogP contribution in [0.15, 0.2) is 5.16 Å². The molecule has 8 heteroatoms. The molecule has 0 amide bonds. The van der Waals surface area contributed by atoms with Gasteiger partial charge in [-0.1, -0.05) is 11.8 Å². The molecule has 4 N–H and O–H groups in total. The van der Waals surface area contributed by atoms with E-state index in [0.717, 1.165) is 12.2 Å². The molecule has 1 aliphatic rings. The van der Waals surface area contributed by atoms with Crippen molar-refractivity contribution in [2.75, 3.05) is 17.2 Å². The first-order valence-electron chi connectivity index (χ1n) is 4.25. The zero-order chi connectivity index (χ0) is 11.1. The standard InChI is InChI=1S/C7H9Cl2N5S/c8-7(9)1-3(7)2-15-6-13-4(10)12-5(11)14-6/h3H,1-2H2,(H4,10,11,12,13,14). The molecule has 1 saturated carbocycles. The van der Waals surface area contributed by atoms with E-state index in [1.54, 1.807) is 0 Å². The van der Waals surface area contributed by atoms with Gasteiger partial charge in [0.05, 0.1) is 0 Å². The summed E-state index contributed by atoms with van der Waals surface area (Å²) in [7, 11) is 0. The molecule has 0 aromatic carbocycles. The molecule has 1 aromatic heterocycles. The minimum Gasteiger partial charge on any atom is -0.368 e. The van der Waals surface area contributed by atoms with Gasteiger partial charge in [-0.15, -0.1) is 23.2 Å². The highest BCUT2D eigenvalue weighted by atomic mass is 35.5. The first-order valence-corrected chi connectivity index (χ1v) is 5.99. The molecule has 15 heavy (non-hydrogen) atoms. The van der Waals surface area contributed by atoms with E-state index in [4.69, 9.17) is 34.7 Å². The van der Waals surface area contributed by atoms with E-state index in [-0.39, 0.29) is 17.8 Å². The third kappa shape index (κ3) is 2.76. The van der Waals surface area contributed by atoms with Crippen LogP contribution in [-0.4, -0.2) is 25.0 Å². The number of hydrogen-bond donors (Lipinski definition) is 2. The molecule has 0 bridgehead atoms. The predicted molar refractivity (Wildman–Crippen MR) is 61.9 cm³/mol. The van der Waals surface area contributed by atoms with Crippen LogP contribution in [0.25, 0.3) is 0 Å². The second-order valence-electron chi connectivity index (χ2n) is 3.31. The Morgan fingerprint density at radius 2 is 1.80 bits per heavy atom. The quantitative estimate of drug-likeness (QED) is 0.633. The van der Waals surface area contributed by atoms with Gasteiger partial charge in [0.25, 0.3) is 0 Å². The number of alkyl halides is 2. The lowest BCUT2D eigenvalue weighted by molar-refractivity contribution is 0.915. The lowest BCUT2D eigenvalue weighted by Gasteiger charge is -2.01. The molecule has 1 heterocycles. The van der Waals surface area contributed by atoms with Crippen LogP contribution in [0.3, 0.4) is 0 Å². The Balaban J connectivity index is 1.94. The number of nitrogens with zero attached hydrogens (tertiary/aromatic N) is 3. The second-order valence-corrected chi connectivity index (χ2v) is 5.84. The van der Waals surface area contributed by atoms with Crippen LogP contribution in [0.5, 0.6) is 0 Å². The molecular formula is C7H9Cl2N5S. The summed E-state index contributed by atoms with van der Waals surface area (Å²) >= 11 is 13.2. The number of anilines is 2. The second kappa shape index (κ2) is 3.84. The fraction of sp³-hybridized carbons (Fsp3) is 0.571. The van der Waals surface area contributed by atoms with Gasteiger partial charge in [-0.05, 0) is 6.42 Å². The number of nitrogen functional groups attached to an aromatic ring is 2. The van der Waals surface area contributed by atoms with Crippen molar-refractivity contribution in [1.82, 2.24) is 15.0 Å². The van der Waals surface area contributed by atoms with Crippen LogP contribution in [0.2, 0.25) is 0 Å². The maximum Gasteiger partial charge on any atom is 0.225 e. The average molecular weight is 266 g/mol. The molecule has 1 aromatic rings. The zero-order valence-electron chi connectivity index (χ0n) is 7.65. The van der Waals surface area contributed by atoms with Gasteiger partial charge in [-0.25, -0.2) is 0 Å². The SMILES string of the molecule is Nc1nc(N)nc(SCC2CC2(Cl)Cl)n1. The van der Waals surface area contributed by atoms with Gasteiger partial charge >= 0.3 is 0 Å². The van der Waals surface area contributed by atoms with Crippen molar-refractivity contribution in [2.45, 2.75) is 15.9 Å². The summed E-state index contributed by atoms with van der Waals surface area (Å²) in [5.74, 6) is 1.30. The van der Waals surface area contributed by atoms with Crippen LogP contribution < -0.4 is 11.5 Å². The molecule has 0 spiro atoms. The number of halogens is 2. The number of nitrogens with two attached hydrogens (primary N) is 2. The third-order valence-electron chi connectivity index (χ3n) is 2.02. The summed E-state index contributed by atoms with van der Waals surface area (Å²) in [6, 6.07) is 0. The maximum absolute atomic E-state index is 5.89. The zero-order valence-corrected chi connectivity index (χ0v) is 9.98. The van der Waals surface area contributed by atoms with E-state index in [2.05, 4.69) is 15.0 Å². The topological polar surface area (TPSA) is 90.7 Å². The van der Waals surface area contributed by atoms with Gasteiger partial charge in [-0.2, -0.15) is 15.0 Å². The van der Waals surface area contributed by atoms with Crippen molar-refractivity contribution in [3.8, 4) is 0 Å². The van der Waals surface area contributed by atoms with E-state index in [9.17, 15) is 0 Å². The summed E-state index contributed by atoms with van der Waals surface area (Å²) in [6.07, 6.45) is 0.805. The molecule has 1 aliphatic carbocycles. The highest BCUT2D eigenvalue weighted by Crippen LogP contribution is 2.54. The van der Waals surface area contributed by atoms with Crippen molar-refractivity contribution < 1.29 is 0 Å². The smallest absolute Gasteiger partial charge is 0.225 e. The van der Waals surface area contributed by atoms with Crippen molar-refractivity contribution in [3.63, 3.8) is 0 Å². The van der Waals surface area contributed by atoms with Crippen LogP contribution in [0, 0.1) is 5.92 Å². The Labute approximate surface area is 101 Å². The lowest BCUT2D eigenvalue weighted by Crippen LogP contribution is -2.04. The Morgan fingerprint density at radius 3 is 2.27 bits per heavy atom. The van der Waals surface area contributed by atoms with Gasteiger partial charge in [0.15, 0.2) is 5.16 Å². The average Bonchev–Trinajstić information content (AvgIpc) is 2.69. The monoisotopic (exact) mass is 265 g/mol. The molecule has 0 radical (unpaired) electrons. The van der Waals surface area contributed by atoms with E-state index in [1.165, 1.54) is 11.8 Å². The Hall–Kier alpha value is -0.460. The largest absolute Gasteiger partial charge is 0.368 e. The van der Waals surface area contributed by atoms with Crippen LogP contribution in [-0.2, 0) is 0 Å². The van der Waals surface area contributed by atoms with Gasteiger partial charge in [0, 0.05) is 11.7 Å². The normalized spacial score (nSPS) is 22.7. The fourth-order valence-corrected chi connectivity index (χ4v) is 2.86. The fourth-order valence-electron chi connectivity index (χ4n) is 1.08. The summed E-state index contributed by atoms with van der Waals surface area (Å²) in [5, 5.41) is 0.510. The van der Waals surface area contributed by atoms with Gasteiger partial charge < -0.3 is 11.5 Å². The van der Waals surface area contributed by atoms with Crippen LogP contribution in [0.4, 0.5) is 11.9 Å². The predicted octanol–water partition coefficient (Wildman–Crippen LogP) is 1.32. The van der Waals surface area contributed by atoms with E-state index >= 15 is 0 Å². The molecule has 2 rings (SSSR count). The summed E-state index contributed by atoms with van der Waals surface area (Å²) in [4.78, 5) is 11.5. The van der Waals surface area contributed by atoms with Crippen molar-refractivity contribution >= 4 is 46.9 Å². The first-order chi connectivity index (χ1) is 6.97. The maximum atomic E-state index is 5.89. The van der Waals surface area contributed by atoms with Crippen molar-refractivity contribution in [3.05, 3.63) is 0 Å². The Bertz CT molecular complexity index is 365. The molecule has 1 fully saturated rings. The van der Waals surface area contributed by atoms with Gasteiger partial charge in [0.1, 0.15) is 4.33 Å². The van der Waals surface area contributed by atoms with E-state index in [1.807, 2.05) is 0 Å². The van der Waals surface area contributed by atoms with Crippen LogP contribution >= 0.6 is 35.0 Å². The Kier molecular flexibility index (Phi) is 2.83.